The van der Waals surface area contributed by atoms with Gasteiger partial charge in [-0.3, -0.25) is 0 Å². The van der Waals surface area contributed by atoms with Gasteiger partial charge in [0.05, 0.1) is 26.4 Å². The maximum absolute atomic E-state index is 11.0. The first-order valence-corrected chi connectivity index (χ1v) is 9.34. The third-order valence-electron chi connectivity index (χ3n) is 5.94. The summed E-state index contributed by atoms with van der Waals surface area (Å²) in [6, 6.07) is 6.03. The van der Waals surface area contributed by atoms with Crippen LogP contribution < -0.4 is 4.74 Å². The summed E-state index contributed by atoms with van der Waals surface area (Å²) < 4.78 is 19.1. The van der Waals surface area contributed by atoms with Gasteiger partial charge in [-0.05, 0) is 25.1 Å². The number of likely N-dealkylation sites (tertiary alicyclic amines) is 1. The second-order valence-corrected chi connectivity index (χ2v) is 7.37. The standard InChI is InChI=1S/C20H28N2O4/c1-14-19(16-12-15(24-3)4-5-17(16)21(14)2)18(23)13-22-8-6-20(7-9-22)25-10-11-26-20/h4-5,12,18,23H,6-11,13H2,1-3H3/t18-/m0/s1. The zero-order valence-electron chi connectivity index (χ0n) is 15.8. The maximum Gasteiger partial charge on any atom is 0.170 e. The molecule has 142 valence electrons. The smallest absolute Gasteiger partial charge is 0.170 e. The van der Waals surface area contributed by atoms with E-state index in [0.717, 1.165) is 53.8 Å². The fourth-order valence-electron chi connectivity index (χ4n) is 4.33. The second-order valence-electron chi connectivity index (χ2n) is 7.37. The number of benzene rings is 1. The van der Waals surface area contributed by atoms with Gasteiger partial charge in [0.2, 0.25) is 0 Å². The van der Waals surface area contributed by atoms with Gasteiger partial charge < -0.3 is 28.8 Å². The average Bonchev–Trinajstić information content (AvgIpc) is 3.20. The number of hydrogen-bond acceptors (Lipinski definition) is 5. The molecule has 26 heavy (non-hydrogen) atoms. The number of ether oxygens (including phenoxy) is 3. The Morgan fingerprint density at radius 1 is 1.23 bits per heavy atom. The number of aliphatic hydroxyl groups excluding tert-OH is 1. The molecule has 3 heterocycles. The topological polar surface area (TPSA) is 56.1 Å². The number of rotatable bonds is 4. The second kappa shape index (κ2) is 6.85. The molecule has 4 rings (SSSR count). The first-order valence-electron chi connectivity index (χ1n) is 9.34. The first-order chi connectivity index (χ1) is 12.5. The van der Waals surface area contributed by atoms with E-state index in [1.54, 1.807) is 7.11 Å². The SMILES string of the molecule is COc1ccc2c(c1)c([C@@H](O)CN1CCC3(CC1)OCCO3)c(C)n2C. The van der Waals surface area contributed by atoms with Crippen molar-refractivity contribution in [1.82, 2.24) is 9.47 Å². The molecule has 0 amide bonds. The minimum Gasteiger partial charge on any atom is -0.497 e. The Hall–Kier alpha value is -1.60. The monoisotopic (exact) mass is 360 g/mol. The third-order valence-corrected chi connectivity index (χ3v) is 5.94. The van der Waals surface area contributed by atoms with Crippen molar-refractivity contribution in [2.45, 2.75) is 31.7 Å². The molecule has 1 aromatic heterocycles. The van der Waals surface area contributed by atoms with Gasteiger partial charge in [0, 0.05) is 61.7 Å². The number of aliphatic hydroxyl groups is 1. The van der Waals surface area contributed by atoms with Crippen LogP contribution in [0.4, 0.5) is 0 Å². The van der Waals surface area contributed by atoms with Crippen LogP contribution in [0.3, 0.4) is 0 Å². The van der Waals surface area contributed by atoms with Crippen molar-refractivity contribution in [3.05, 3.63) is 29.5 Å². The summed E-state index contributed by atoms with van der Waals surface area (Å²) in [5.74, 6) is 0.441. The van der Waals surface area contributed by atoms with Crippen LogP contribution in [0, 0.1) is 6.92 Å². The predicted octanol–water partition coefficient (Wildman–Crippen LogP) is 2.37. The van der Waals surface area contributed by atoms with Crippen molar-refractivity contribution in [2.75, 3.05) is 40.0 Å². The number of β-amino-alcohol motifs (C(OH)–C–C–N with tert-alkyl or cyclic N) is 1. The van der Waals surface area contributed by atoms with E-state index in [1.165, 1.54) is 0 Å². The van der Waals surface area contributed by atoms with Crippen molar-refractivity contribution in [2.24, 2.45) is 7.05 Å². The van der Waals surface area contributed by atoms with Crippen LogP contribution in [0.5, 0.6) is 5.75 Å². The van der Waals surface area contributed by atoms with Crippen LogP contribution >= 0.6 is 0 Å². The first kappa shape index (κ1) is 17.8. The molecule has 0 unspecified atom stereocenters. The highest BCUT2D eigenvalue weighted by Crippen LogP contribution is 2.35. The fraction of sp³-hybridized carbons (Fsp3) is 0.600. The predicted molar refractivity (Wildman–Crippen MR) is 99.5 cm³/mol. The molecule has 2 aliphatic heterocycles. The third kappa shape index (κ3) is 3.01. The molecule has 1 spiro atoms. The summed E-state index contributed by atoms with van der Waals surface area (Å²) in [4.78, 5) is 2.30. The Balaban J connectivity index is 1.53. The average molecular weight is 360 g/mol. The van der Waals surface area contributed by atoms with Crippen LogP contribution in [0.2, 0.25) is 0 Å². The Labute approximate surface area is 154 Å². The van der Waals surface area contributed by atoms with E-state index in [4.69, 9.17) is 14.2 Å². The van der Waals surface area contributed by atoms with E-state index in [1.807, 2.05) is 19.2 Å². The maximum atomic E-state index is 11.0. The number of aromatic nitrogens is 1. The van der Waals surface area contributed by atoms with Gasteiger partial charge in [0.15, 0.2) is 5.79 Å². The summed E-state index contributed by atoms with van der Waals surface area (Å²) >= 11 is 0. The molecule has 6 nitrogen and oxygen atoms in total. The van der Waals surface area contributed by atoms with Crippen molar-refractivity contribution in [3.63, 3.8) is 0 Å². The van der Waals surface area contributed by atoms with E-state index < -0.39 is 6.10 Å². The molecule has 2 aromatic rings. The zero-order valence-corrected chi connectivity index (χ0v) is 15.8. The van der Waals surface area contributed by atoms with Crippen LogP contribution in [-0.2, 0) is 16.5 Å². The minimum atomic E-state index is -0.537. The normalized spacial score (nSPS) is 21.5. The van der Waals surface area contributed by atoms with Crippen LogP contribution in [0.1, 0.15) is 30.2 Å². The number of aryl methyl sites for hydroxylation is 1. The van der Waals surface area contributed by atoms with E-state index >= 15 is 0 Å². The lowest BCUT2D eigenvalue weighted by Gasteiger charge is -2.38. The Bertz CT molecular complexity index is 785. The molecular weight excluding hydrogens is 332 g/mol. The quantitative estimate of drug-likeness (QED) is 0.907. The van der Waals surface area contributed by atoms with Crippen LogP contribution in [-0.4, -0.2) is 60.3 Å². The summed E-state index contributed by atoms with van der Waals surface area (Å²) in [6.45, 7) is 5.83. The van der Waals surface area contributed by atoms with E-state index in [9.17, 15) is 5.11 Å². The van der Waals surface area contributed by atoms with E-state index in [2.05, 4.69) is 22.5 Å². The van der Waals surface area contributed by atoms with Gasteiger partial charge in [0.25, 0.3) is 0 Å². The van der Waals surface area contributed by atoms with Crippen molar-refractivity contribution >= 4 is 10.9 Å². The Morgan fingerprint density at radius 3 is 2.58 bits per heavy atom. The molecule has 0 aliphatic carbocycles. The van der Waals surface area contributed by atoms with E-state index in [-0.39, 0.29) is 5.79 Å². The van der Waals surface area contributed by atoms with Gasteiger partial charge in [0.1, 0.15) is 5.75 Å². The number of methoxy groups -OCH3 is 1. The largest absolute Gasteiger partial charge is 0.497 e. The summed E-state index contributed by atoms with van der Waals surface area (Å²) in [7, 11) is 3.71. The van der Waals surface area contributed by atoms with Gasteiger partial charge in [-0.2, -0.15) is 0 Å². The van der Waals surface area contributed by atoms with Gasteiger partial charge in [-0.25, -0.2) is 0 Å². The van der Waals surface area contributed by atoms with Gasteiger partial charge >= 0.3 is 0 Å². The highest BCUT2D eigenvalue weighted by atomic mass is 16.7. The molecule has 2 saturated heterocycles. The Kier molecular flexibility index (Phi) is 4.69. The van der Waals surface area contributed by atoms with Crippen molar-refractivity contribution < 1.29 is 19.3 Å². The summed E-state index contributed by atoms with van der Waals surface area (Å²) in [5.41, 5.74) is 3.20. The van der Waals surface area contributed by atoms with Crippen molar-refractivity contribution in [3.8, 4) is 5.75 Å². The molecular formula is C20H28N2O4. The molecule has 1 aromatic carbocycles. The molecule has 0 saturated carbocycles. The van der Waals surface area contributed by atoms with Crippen LogP contribution in [0.25, 0.3) is 10.9 Å². The van der Waals surface area contributed by atoms with Crippen molar-refractivity contribution in [1.29, 1.82) is 0 Å². The summed E-state index contributed by atoms with van der Waals surface area (Å²) in [5, 5.41) is 12.1. The highest BCUT2D eigenvalue weighted by molar-refractivity contribution is 5.87. The number of nitrogens with zero attached hydrogens (tertiary/aromatic N) is 2. The summed E-state index contributed by atoms with van der Waals surface area (Å²) in [6.07, 6.45) is 1.19. The molecule has 1 atom stereocenters. The van der Waals surface area contributed by atoms with Gasteiger partial charge in [-0.15, -0.1) is 0 Å². The fourth-order valence-corrected chi connectivity index (χ4v) is 4.33. The Morgan fingerprint density at radius 2 is 1.92 bits per heavy atom. The number of fused-ring (bicyclic) bond motifs is 1. The molecule has 0 radical (unpaired) electrons. The number of hydrogen-bond donors (Lipinski definition) is 1. The molecule has 2 aliphatic rings. The van der Waals surface area contributed by atoms with Gasteiger partial charge in [-0.1, -0.05) is 0 Å². The number of piperidine rings is 1. The lowest BCUT2D eigenvalue weighted by Crippen LogP contribution is -2.46. The molecule has 6 heteroatoms. The van der Waals surface area contributed by atoms with Crippen LogP contribution in [0.15, 0.2) is 18.2 Å². The molecule has 2 fully saturated rings. The lowest BCUT2D eigenvalue weighted by atomic mass is 10.0. The minimum absolute atomic E-state index is 0.371. The molecule has 1 N–H and O–H groups in total. The lowest BCUT2D eigenvalue weighted by molar-refractivity contribution is -0.186. The van der Waals surface area contributed by atoms with E-state index in [0.29, 0.717) is 19.8 Å². The molecule has 0 bridgehead atoms. The highest BCUT2D eigenvalue weighted by Gasteiger charge is 2.40. The zero-order chi connectivity index (χ0) is 18.3.